The predicted molar refractivity (Wildman–Crippen MR) is 106 cm³/mol. The van der Waals surface area contributed by atoms with Crippen LogP contribution in [0.4, 0.5) is 0 Å². The third kappa shape index (κ3) is 3.01. The summed E-state index contributed by atoms with van der Waals surface area (Å²) in [6, 6.07) is 13.8. The fraction of sp³-hybridized carbons (Fsp3) is 0.211. The highest BCUT2D eigenvalue weighted by Crippen LogP contribution is 2.24. The highest BCUT2D eigenvalue weighted by atomic mass is 32.2. The van der Waals surface area contributed by atoms with Crippen LogP contribution in [0.5, 0.6) is 0 Å². The van der Waals surface area contributed by atoms with Crippen molar-refractivity contribution in [3.8, 4) is 11.4 Å². The van der Waals surface area contributed by atoms with Gasteiger partial charge >= 0.3 is 5.69 Å². The summed E-state index contributed by atoms with van der Waals surface area (Å²) in [5.41, 5.74) is 1.19. The number of morpholine rings is 1. The van der Waals surface area contributed by atoms with E-state index in [1.54, 1.807) is 24.3 Å². The second-order valence-electron chi connectivity index (χ2n) is 6.69. The van der Waals surface area contributed by atoms with Gasteiger partial charge in [-0.15, -0.1) is 5.10 Å². The molecule has 10 heteroatoms. The minimum atomic E-state index is -3.64. The van der Waals surface area contributed by atoms with Crippen LogP contribution in [0.2, 0.25) is 0 Å². The fourth-order valence-electron chi connectivity index (χ4n) is 3.44. The molecule has 0 radical (unpaired) electrons. The molecule has 1 fully saturated rings. The molecule has 0 spiro atoms. The predicted octanol–water partition coefficient (Wildman–Crippen LogP) is 1.26. The molecule has 2 aromatic heterocycles. The molecule has 0 saturated carbocycles. The number of aromatic nitrogens is 4. The van der Waals surface area contributed by atoms with Crippen molar-refractivity contribution in [1.82, 2.24) is 23.9 Å². The van der Waals surface area contributed by atoms with Gasteiger partial charge in [0.25, 0.3) is 0 Å². The Labute approximate surface area is 165 Å². The number of nitrogens with one attached hydrogen (secondary N) is 1. The van der Waals surface area contributed by atoms with Gasteiger partial charge in [-0.2, -0.15) is 8.82 Å². The van der Waals surface area contributed by atoms with Crippen molar-refractivity contribution in [3.63, 3.8) is 0 Å². The maximum Gasteiger partial charge on any atom is 0.348 e. The molecule has 148 valence electrons. The Morgan fingerprint density at radius 3 is 2.66 bits per heavy atom. The number of para-hydroxylation sites is 1. The Bertz CT molecular complexity index is 1390. The largest absolute Gasteiger partial charge is 0.379 e. The van der Waals surface area contributed by atoms with Gasteiger partial charge in [0.1, 0.15) is 0 Å². The number of rotatable bonds is 3. The molecule has 2 aromatic carbocycles. The average molecular weight is 411 g/mol. The van der Waals surface area contributed by atoms with Crippen molar-refractivity contribution in [1.29, 1.82) is 0 Å². The first-order valence-electron chi connectivity index (χ1n) is 9.10. The lowest BCUT2D eigenvalue weighted by molar-refractivity contribution is 0.0730. The third-order valence-corrected chi connectivity index (χ3v) is 6.80. The summed E-state index contributed by atoms with van der Waals surface area (Å²) in [4.78, 5) is 19.8. The van der Waals surface area contributed by atoms with E-state index < -0.39 is 15.7 Å². The first-order valence-corrected chi connectivity index (χ1v) is 10.5. The summed E-state index contributed by atoms with van der Waals surface area (Å²) in [5, 5.41) is 5.05. The number of ether oxygens (including phenoxy) is 1. The second kappa shape index (κ2) is 6.76. The maximum absolute atomic E-state index is 12.9. The average Bonchev–Trinajstić information content (AvgIpc) is 3.21. The van der Waals surface area contributed by atoms with Gasteiger partial charge in [-0.1, -0.05) is 24.3 Å². The van der Waals surface area contributed by atoms with E-state index in [-0.39, 0.29) is 10.7 Å². The number of aromatic amines is 1. The van der Waals surface area contributed by atoms with Crippen LogP contribution in [-0.4, -0.2) is 58.6 Å². The van der Waals surface area contributed by atoms with Gasteiger partial charge in [0.2, 0.25) is 10.0 Å². The van der Waals surface area contributed by atoms with Gasteiger partial charge in [0.15, 0.2) is 11.5 Å². The number of benzene rings is 2. The molecule has 1 saturated heterocycles. The Hall–Kier alpha value is -3.08. The van der Waals surface area contributed by atoms with E-state index in [0.717, 1.165) is 5.39 Å². The summed E-state index contributed by atoms with van der Waals surface area (Å²) in [5.74, 6) is 0.283. The Morgan fingerprint density at radius 1 is 1.03 bits per heavy atom. The van der Waals surface area contributed by atoms with E-state index in [4.69, 9.17) is 4.74 Å². The van der Waals surface area contributed by atoms with Crippen molar-refractivity contribution in [2.24, 2.45) is 0 Å². The lowest BCUT2D eigenvalue weighted by atomic mass is 10.2. The molecule has 4 aromatic rings. The molecule has 1 N–H and O–H groups in total. The minimum Gasteiger partial charge on any atom is -0.379 e. The van der Waals surface area contributed by atoms with Gasteiger partial charge in [0.05, 0.1) is 23.6 Å². The van der Waals surface area contributed by atoms with Crippen LogP contribution in [0.1, 0.15) is 0 Å². The molecular formula is C19H17N5O4S. The minimum absolute atomic E-state index is 0.162. The summed E-state index contributed by atoms with van der Waals surface area (Å²) in [6.07, 6.45) is 0. The molecule has 1 aliphatic heterocycles. The van der Waals surface area contributed by atoms with Crippen molar-refractivity contribution >= 4 is 26.6 Å². The maximum atomic E-state index is 12.9. The van der Waals surface area contributed by atoms with Gasteiger partial charge in [-0.3, -0.25) is 0 Å². The molecule has 0 amide bonds. The van der Waals surface area contributed by atoms with E-state index in [0.29, 0.717) is 43.0 Å². The molecular weight excluding hydrogens is 394 g/mol. The van der Waals surface area contributed by atoms with Crippen LogP contribution in [0, 0.1) is 0 Å². The van der Waals surface area contributed by atoms with E-state index in [2.05, 4.69) is 15.1 Å². The SMILES string of the molecule is O=c1[nH]c2ccccc2c2nc(-c3cccc(S(=O)(=O)N4CCOCC4)c3)nn12. The summed E-state index contributed by atoms with van der Waals surface area (Å²) in [6.45, 7) is 1.40. The monoisotopic (exact) mass is 411 g/mol. The summed E-state index contributed by atoms with van der Waals surface area (Å²) < 4.78 is 33.7. The summed E-state index contributed by atoms with van der Waals surface area (Å²) >= 11 is 0. The topological polar surface area (TPSA) is 110 Å². The van der Waals surface area contributed by atoms with Crippen molar-refractivity contribution < 1.29 is 13.2 Å². The van der Waals surface area contributed by atoms with Gasteiger partial charge in [-0.05, 0) is 24.3 Å². The van der Waals surface area contributed by atoms with E-state index >= 15 is 0 Å². The zero-order valence-corrected chi connectivity index (χ0v) is 16.1. The number of hydrogen-bond donors (Lipinski definition) is 1. The van der Waals surface area contributed by atoms with Crippen molar-refractivity contribution in [2.45, 2.75) is 4.90 Å². The summed E-state index contributed by atoms with van der Waals surface area (Å²) in [7, 11) is -3.64. The molecule has 3 heterocycles. The lowest BCUT2D eigenvalue weighted by Crippen LogP contribution is -2.40. The highest BCUT2D eigenvalue weighted by Gasteiger charge is 2.26. The Morgan fingerprint density at radius 2 is 1.83 bits per heavy atom. The molecule has 0 atom stereocenters. The quantitative estimate of drug-likeness (QED) is 0.544. The normalized spacial score (nSPS) is 15.9. The van der Waals surface area contributed by atoms with Crippen LogP contribution in [0.15, 0.2) is 58.2 Å². The number of nitrogens with zero attached hydrogens (tertiary/aromatic N) is 4. The molecule has 5 rings (SSSR count). The van der Waals surface area contributed by atoms with E-state index in [9.17, 15) is 13.2 Å². The second-order valence-corrected chi connectivity index (χ2v) is 8.63. The lowest BCUT2D eigenvalue weighted by Gasteiger charge is -2.26. The Kier molecular flexibility index (Phi) is 4.19. The molecule has 1 aliphatic rings. The highest BCUT2D eigenvalue weighted by molar-refractivity contribution is 7.89. The van der Waals surface area contributed by atoms with Crippen molar-refractivity contribution in [2.75, 3.05) is 26.3 Å². The van der Waals surface area contributed by atoms with Gasteiger partial charge in [-0.25, -0.2) is 18.2 Å². The fourth-order valence-corrected chi connectivity index (χ4v) is 4.89. The van der Waals surface area contributed by atoms with Crippen LogP contribution in [-0.2, 0) is 14.8 Å². The zero-order valence-electron chi connectivity index (χ0n) is 15.3. The van der Waals surface area contributed by atoms with Crippen LogP contribution >= 0.6 is 0 Å². The van der Waals surface area contributed by atoms with E-state index in [1.165, 1.54) is 14.9 Å². The Balaban J connectivity index is 1.63. The molecule has 0 bridgehead atoms. The smallest absolute Gasteiger partial charge is 0.348 e. The molecule has 0 unspecified atom stereocenters. The van der Waals surface area contributed by atoms with Crippen LogP contribution < -0.4 is 5.69 Å². The molecule has 9 nitrogen and oxygen atoms in total. The molecule has 0 aliphatic carbocycles. The third-order valence-electron chi connectivity index (χ3n) is 4.91. The first-order chi connectivity index (χ1) is 14.0. The number of fused-ring (bicyclic) bond motifs is 3. The van der Waals surface area contributed by atoms with Crippen LogP contribution in [0.3, 0.4) is 0 Å². The van der Waals surface area contributed by atoms with Crippen molar-refractivity contribution in [3.05, 3.63) is 59.0 Å². The first kappa shape index (κ1) is 18.0. The number of hydrogen-bond acceptors (Lipinski definition) is 6. The zero-order chi connectivity index (χ0) is 20.0. The van der Waals surface area contributed by atoms with Crippen LogP contribution in [0.25, 0.3) is 27.9 Å². The van der Waals surface area contributed by atoms with E-state index in [1.807, 2.05) is 18.2 Å². The standard InChI is InChI=1S/C19H17N5O4S/c25-19-20-16-7-2-1-6-15(16)18-21-17(22-24(18)19)13-4-3-5-14(12-13)29(26,27)23-8-10-28-11-9-23/h1-7,12H,8-11H2,(H,20,25). The number of H-pyrrole nitrogens is 1. The van der Waals surface area contributed by atoms with Gasteiger partial charge in [0, 0.05) is 24.0 Å². The van der Waals surface area contributed by atoms with Gasteiger partial charge < -0.3 is 9.72 Å². The molecule has 29 heavy (non-hydrogen) atoms. The number of sulfonamides is 1.